The Balaban J connectivity index is 1.45. The molecular formula is C22H32N4O2. The highest BCUT2D eigenvalue weighted by Crippen LogP contribution is 2.33. The molecule has 0 radical (unpaired) electrons. The van der Waals surface area contributed by atoms with E-state index in [1.807, 2.05) is 6.07 Å². The van der Waals surface area contributed by atoms with Crippen LogP contribution in [-0.4, -0.2) is 62.5 Å². The first kappa shape index (κ1) is 19.4. The van der Waals surface area contributed by atoms with E-state index in [9.17, 15) is 0 Å². The van der Waals surface area contributed by atoms with Gasteiger partial charge in [0.25, 0.3) is 0 Å². The lowest BCUT2D eigenvalue weighted by atomic mass is 9.99. The van der Waals surface area contributed by atoms with Crippen LogP contribution in [0.25, 0.3) is 11.3 Å². The number of nitrogens with one attached hydrogen (secondary N) is 1. The van der Waals surface area contributed by atoms with E-state index in [0.29, 0.717) is 0 Å². The van der Waals surface area contributed by atoms with E-state index in [1.54, 1.807) is 0 Å². The number of anilines is 1. The Morgan fingerprint density at radius 1 is 1.07 bits per heavy atom. The van der Waals surface area contributed by atoms with Crippen LogP contribution < -0.4 is 10.2 Å². The summed E-state index contributed by atoms with van der Waals surface area (Å²) in [5, 5.41) is 8.09. The topological polar surface area (TPSA) is 53.8 Å². The van der Waals surface area contributed by atoms with Crippen molar-refractivity contribution in [1.82, 2.24) is 15.4 Å². The third-order valence-corrected chi connectivity index (χ3v) is 5.90. The molecule has 2 aromatic rings. The quantitative estimate of drug-likeness (QED) is 0.741. The van der Waals surface area contributed by atoms with Gasteiger partial charge in [0.15, 0.2) is 0 Å². The van der Waals surface area contributed by atoms with E-state index in [-0.39, 0.29) is 0 Å². The van der Waals surface area contributed by atoms with Crippen molar-refractivity contribution in [2.75, 3.05) is 57.4 Å². The predicted octanol–water partition coefficient (Wildman–Crippen LogP) is 3.00. The number of benzene rings is 1. The summed E-state index contributed by atoms with van der Waals surface area (Å²) in [7, 11) is 0. The minimum Gasteiger partial charge on any atom is -0.379 e. The number of nitrogens with zero attached hydrogens (tertiary/aromatic N) is 3. The number of piperidine rings is 1. The second kappa shape index (κ2) is 9.54. The molecule has 3 heterocycles. The number of hydrogen-bond donors (Lipinski definition) is 1. The van der Waals surface area contributed by atoms with E-state index in [0.717, 1.165) is 82.1 Å². The fraction of sp³-hybridized carbons (Fsp3) is 0.591. The summed E-state index contributed by atoms with van der Waals surface area (Å²) < 4.78 is 11.3. The van der Waals surface area contributed by atoms with Gasteiger partial charge in [0, 0.05) is 51.4 Å². The Morgan fingerprint density at radius 2 is 1.82 bits per heavy atom. The summed E-state index contributed by atoms with van der Waals surface area (Å²) in [6, 6.07) is 10.4. The van der Waals surface area contributed by atoms with Crippen molar-refractivity contribution in [3.63, 3.8) is 0 Å². The molecule has 1 aromatic heterocycles. The number of rotatable bonds is 7. The number of morpholine rings is 1. The summed E-state index contributed by atoms with van der Waals surface area (Å²) in [6.45, 7) is 11.0. The van der Waals surface area contributed by atoms with Crippen LogP contribution in [0.4, 0.5) is 5.88 Å². The highest BCUT2D eigenvalue weighted by molar-refractivity contribution is 5.68. The van der Waals surface area contributed by atoms with E-state index in [4.69, 9.17) is 9.26 Å². The summed E-state index contributed by atoms with van der Waals surface area (Å²) >= 11 is 0. The van der Waals surface area contributed by atoms with Crippen LogP contribution in [0, 0.1) is 5.92 Å². The minimum absolute atomic E-state index is 0.777. The fourth-order valence-electron chi connectivity index (χ4n) is 4.02. The molecule has 0 unspecified atom stereocenters. The zero-order valence-corrected chi connectivity index (χ0v) is 16.9. The molecule has 0 saturated carbocycles. The standard InChI is InChI=1S/C22H32N4O2/c1-18-7-10-26(11-8-18)22-20(17-23-9-12-25-13-15-27-16-14-25)21(24-28-22)19-5-3-2-4-6-19/h2-6,18,23H,7-17H2,1H3. The van der Waals surface area contributed by atoms with Gasteiger partial charge in [-0.2, -0.15) is 0 Å². The van der Waals surface area contributed by atoms with Crippen LogP contribution in [-0.2, 0) is 11.3 Å². The van der Waals surface area contributed by atoms with E-state index in [1.165, 1.54) is 18.4 Å². The number of hydrogen-bond acceptors (Lipinski definition) is 6. The van der Waals surface area contributed by atoms with Crippen molar-refractivity contribution >= 4 is 5.88 Å². The van der Waals surface area contributed by atoms with Crippen molar-refractivity contribution in [1.29, 1.82) is 0 Å². The lowest BCUT2D eigenvalue weighted by molar-refractivity contribution is 0.0384. The molecule has 0 spiro atoms. The molecule has 152 valence electrons. The molecule has 2 saturated heterocycles. The molecule has 28 heavy (non-hydrogen) atoms. The summed E-state index contributed by atoms with van der Waals surface area (Å²) in [5.41, 5.74) is 3.27. The van der Waals surface area contributed by atoms with Gasteiger partial charge >= 0.3 is 0 Å². The van der Waals surface area contributed by atoms with Crippen LogP contribution in [0.5, 0.6) is 0 Å². The summed E-state index contributed by atoms with van der Waals surface area (Å²) in [4.78, 5) is 4.83. The second-order valence-corrected chi connectivity index (χ2v) is 7.98. The number of ether oxygens (including phenoxy) is 1. The summed E-state index contributed by atoms with van der Waals surface area (Å²) in [6.07, 6.45) is 2.43. The van der Waals surface area contributed by atoms with E-state index in [2.05, 4.69) is 51.5 Å². The molecule has 0 aliphatic carbocycles. The Bertz CT molecular complexity index is 719. The molecule has 1 aromatic carbocycles. The van der Waals surface area contributed by atoms with Gasteiger partial charge in [-0.3, -0.25) is 4.90 Å². The van der Waals surface area contributed by atoms with Gasteiger partial charge in [-0.1, -0.05) is 42.4 Å². The maximum atomic E-state index is 5.88. The molecule has 2 aliphatic rings. The van der Waals surface area contributed by atoms with E-state index < -0.39 is 0 Å². The zero-order chi connectivity index (χ0) is 19.2. The third kappa shape index (κ3) is 4.74. The molecule has 0 amide bonds. The molecule has 4 rings (SSSR count). The van der Waals surface area contributed by atoms with Crippen molar-refractivity contribution < 1.29 is 9.26 Å². The highest BCUT2D eigenvalue weighted by atomic mass is 16.5. The molecule has 1 N–H and O–H groups in total. The SMILES string of the molecule is CC1CCN(c2onc(-c3ccccc3)c2CNCCN2CCOCC2)CC1. The average molecular weight is 385 g/mol. The Morgan fingerprint density at radius 3 is 2.57 bits per heavy atom. The van der Waals surface area contributed by atoms with E-state index >= 15 is 0 Å². The normalized spacial score (nSPS) is 19.2. The van der Waals surface area contributed by atoms with Gasteiger partial charge < -0.3 is 19.5 Å². The van der Waals surface area contributed by atoms with Crippen LogP contribution in [0.3, 0.4) is 0 Å². The first-order valence-electron chi connectivity index (χ1n) is 10.6. The van der Waals surface area contributed by atoms with Gasteiger partial charge in [0.1, 0.15) is 5.69 Å². The lowest BCUT2D eigenvalue weighted by Crippen LogP contribution is -2.40. The van der Waals surface area contributed by atoms with Crippen molar-refractivity contribution in [2.24, 2.45) is 5.92 Å². The maximum Gasteiger partial charge on any atom is 0.232 e. The van der Waals surface area contributed by atoms with Gasteiger partial charge in [0.05, 0.1) is 18.8 Å². The minimum atomic E-state index is 0.777. The average Bonchev–Trinajstić information content (AvgIpc) is 3.17. The third-order valence-electron chi connectivity index (χ3n) is 5.90. The molecule has 6 nitrogen and oxygen atoms in total. The predicted molar refractivity (Wildman–Crippen MR) is 112 cm³/mol. The molecule has 2 fully saturated rings. The van der Waals surface area contributed by atoms with Crippen LogP contribution in [0.2, 0.25) is 0 Å². The van der Waals surface area contributed by atoms with Crippen LogP contribution in [0.15, 0.2) is 34.9 Å². The van der Waals surface area contributed by atoms with Crippen LogP contribution >= 0.6 is 0 Å². The number of aromatic nitrogens is 1. The molecule has 2 aliphatic heterocycles. The first-order chi connectivity index (χ1) is 13.8. The monoisotopic (exact) mass is 384 g/mol. The molecule has 0 bridgehead atoms. The second-order valence-electron chi connectivity index (χ2n) is 7.98. The molecule has 0 atom stereocenters. The van der Waals surface area contributed by atoms with Crippen molar-refractivity contribution in [2.45, 2.75) is 26.3 Å². The molecular weight excluding hydrogens is 352 g/mol. The smallest absolute Gasteiger partial charge is 0.232 e. The van der Waals surface area contributed by atoms with Crippen molar-refractivity contribution in [3.05, 3.63) is 35.9 Å². The van der Waals surface area contributed by atoms with Crippen LogP contribution in [0.1, 0.15) is 25.3 Å². The van der Waals surface area contributed by atoms with Gasteiger partial charge in [-0.25, -0.2) is 0 Å². The van der Waals surface area contributed by atoms with Crippen molar-refractivity contribution in [3.8, 4) is 11.3 Å². The van der Waals surface area contributed by atoms with Gasteiger partial charge in [-0.15, -0.1) is 0 Å². The largest absolute Gasteiger partial charge is 0.379 e. The first-order valence-corrected chi connectivity index (χ1v) is 10.6. The Labute approximate surface area is 167 Å². The Hall–Kier alpha value is -1.89. The van der Waals surface area contributed by atoms with Gasteiger partial charge in [-0.05, 0) is 18.8 Å². The summed E-state index contributed by atoms with van der Waals surface area (Å²) in [5.74, 6) is 1.74. The fourth-order valence-corrected chi connectivity index (χ4v) is 4.02. The highest BCUT2D eigenvalue weighted by Gasteiger charge is 2.25. The zero-order valence-electron chi connectivity index (χ0n) is 16.9. The molecule has 6 heteroatoms. The maximum absolute atomic E-state index is 5.88. The van der Waals surface area contributed by atoms with Gasteiger partial charge in [0.2, 0.25) is 5.88 Å². The Kier molecular flexibility index (Phi) is 6.62. The lowest BCUT2D eigenvalue weighted by Gasteiger charge is -2.30.